The minimum atomic E-state index is -0.228. The molecule has 0 amide bonds. The maximum atomic E-state index is 6.39. The Morgan fingerprint density at radius 1 is 1.00 bits per heavy atom. The van der Waals surface area contributed by atoms with Gasteiger partial charge in [-0.15, -0.1) is 11.3 Å². The molecule has 0 radical (unpaired) electrons. The van der Waals surface area contributed by atoms with Gasteiger partial charge in [-0.25, -0.2) is 0 Å². The molecule has 104 valence electrons. The first kappa shape index (κ1) is 13.1. The molecule has 4 rings (SSSR count). The molecule has 4 heteroatoms. The third kappa shape index (κ3) is 2.29. The molecule has 2 nitrogen and oxygen atoms in total. The number of hydrogen-bond donors (Lipinski definition) is 1. The number of hydrogen-bond acceptors (Lipinski definition) is 3. The minimum Gasteiger partial charge on any atom is -0.459 e. The maximum absolute atomic E-state index is 6.39. The van der Waals surface area contributed by atoms with Crippen LogP contribution in [0.2, 0.25) is 0 Å². The van der Waals surface area contributed by atoms with E-state index in [0.717, 1.165) is 26.1 Å². The van der Waals surface area contributed by atoms with Gasteiger partial charge in [0, 0.05) is 19.4 Å². The standard InChI is InChI=1S/C17H12BrNOS/c18-12-5-6-13-11(7-12)8-14(20-13)17(19)16-9-10-3-1-2-4-15(10)21-16/h1-9,17H,19H2. The van der Waals surface area contributed by atoms with E-state index in [4.69, 9.17) is 10.2 Å². The fourth-order valence-corrected chi connectivity index (χ4v) is 3.94. The Balaban J connectivity index is 1.79. The van der Waals surface area contributed by atoms with E-state index in [0.29, 0.717) is 0 Å². The highest BCUT2D eigenvalue weighted by Crippen LogP contribution is 2.34. The lowest BCUT2D eigenvalue weighted by atomic mass is 10.1. The monoisotopic (exact) mass is 357 g/mol. The van der Waals surface area contributed by atoms with Crippen molar-refractivity contribution in [2.45, 2.75) is 6.04 Å². The number of rotatable bonds is 2. The van der Waals surface area contributed by atoms with Gasteiger partial charge in [-0.3, -0.25) is 0 Å². The summed E-state index contributed by atoms with van der Waals surface area (Å²) >= 11 is 5.20. The Morgan fingerprint density at radius 2 is 1.86 bits per heavy atom. The Kier molecular flexibility index (Phi) is 3.10. The highest BCUT2D eigenvalue weighted by atomic mass is 79.9. The highest BCUT2D eigenvalue weighted by molar-refractivity contribution is 9.10. The Morgan fingerprint density at radius 3 is 2.71 bits per heavy atom. The average Bonchev–Trinajstić information content (AvgIpc) is 3.09. The van der Waals surface area contributed by atoms with Crippen molar-refractivity contribution in [1.82, 2.24) is 0 Å². The fraction of sp³-hybridized carbons (Fsp3) is 0.0588. The summed E-state index contributed by atoms with van der Waals surface area (Å²) in [5, 5.41) is 2.29. The van der Waals surface area contributed by atoms with Crippen molar-refractivity contribution in [1.29, 1.82) is 0 Å². The third-order valence-corrected chi connectivity index (χ3v) is 5.25. The molecule has 4 aromatic rings. The Hall–Kier alpha value is -1.62. The largest absolute Gasteiger partial charge is 0.459 e. The van der Waals surface area contributed by atoms with Gasteiger partial charge in [-0.1, -0.05) is 34.1 Å². The summed E-state index contributed by atoms with van der Waals surface area (Å²) in [5.74, 6) is 0.801. The van der Waals surface area contributed by atoms with Gasteiger partial charge in [0.2, 0.25) is 0 Å². The van der Waals surface area contributed by atoms with Gasteiger partial charge in [-0.05, 0) is 41.8 Å². The SMILES string of the molecule is NC(c1cc2cc(Br)ccc2o1)c1cc2ccccc2s1. The molecule has 0 aliphatic rings. The summed E-state index contributed by atoms with van der Waals surface area (Å²) < 4.78 is 8.19. The Labute approximate surface area is 134 Å². The maximum Gasteiger partial charge on any atom is 0.134 e. The highest BCUT2D eigenvalue weighted by Gasteiger charge is 2.16. The van der Waals surface area contributed by atoms with Crippen molar-refractivity contribution in [2.24, 2.45) is 5.73 Å². The molecular formula is C17H12BrNOS. The van der Waals surface area contributed by atoms with Gasteiger partial charge < -0.3 is 10.2 Å². The number of halogens is 1. The first-order valence-corrected chi connectivity index (χ1v) is 8.25. The molecule has 0 saturated carbocycles. The molecule has 0 aliphatic carbocycles. The molecule has 2 heterocycles. The van der Waals surface area contributed by atoms with Gasteiger partial charge >= 0.3 is 0 Å². The topological polar surface area (TPSA) is 39.2 Å². The predicted molar refractivity (Wildman–Crippen MR) is 91.8 cm³/mol. The van der Waals surface area contributed by atoms with Crippen LogP contribution in [0, 0.1) is 0 Å². The first-order chi connectivity index (χ1) is 10.2. The third-order valence-electron chi connectivity index (χ3n) is 3.56. The van der Waals surface area contributed by atoms with Crippen molar-refractivity contribution in [3.63, 3.8) is 0 Å². The van der Waals surface area contributed by atoms with Crippen molar-refractivity contribution in [3.8, 4) is 0 Å². The summed E-state index contributed by atoms with van der Waals surface area (Å²) in [5.41, 5.74) is 7.25. The van der Waals surface area contributed by atoms with E-state index in [1.807, 2.05) is 36.4 Å². The van der Waals surface area contributed by atoms with Crippen LogP contribution in [0.15, 0.2) is 63.5 Å². The molecule has 1 unspecified atom stereocenters. The molecule has 0 bridgehead atoms. The van der Waals surface area contributed by atoms with Crippen LogP contribution in [0.1, 0.15) is 16.7 Å². The fourth-order valence-electron chi connectivity index (χ4n) is 2.48. The number of fused-ring (bicyclic) bond motifs is 2. The summed E-state index contributed by atoms with van der Waals surface area (Å²) in [7, 11) is 0. The lowest BCUT2D eigenvalue weighted by Crippen LogP contribution is -2.08. The van der Waals surface area contributed by atoms with Gasteiger partial charge in [0.25, 0.3) is 0 Å². The first-order valence-electron chi connectivity index (χ1n) is 6.64. The normalized spacial score (nSPS) is 13.0. The molecule has 0 spiro atoms. The van der Waals surface area contributed by atoms with Gasteiger partial charge in [0.1, 0.15) is 11.3 Å². The van der Waals surface area contributed by atoms with Crippen LogP contribution in [-0.4, -0.2) is 0 Å². The van der Waals surface area contributed by atoms with E-state index in [1.54, 1.807) is 11.3 Å². The van der Waals surface area contributed by atoms with Crippen molar-refractivity contribution in [3.05, 3.63) is 69.7 Å². The molecule has 2 aromatic carbocycles. The number of nitrogens with two attached hydrogens (primary N) is 1. The van der Waals surface area contributed by atoms with Crippen LogP contribution in [0.25, 0.3) is 21.1 Å². The number of benzene rings is 2. The molecule has 2 aromatic heterocycles. The lowest BCUT2D eigenvalue weighted by molar-refractivity contribution is 0.528. The van der Waals surface area contributed by atoms with Gasteiger partial charge in [0.15, 0.2) is 0 Å². The quantitative estimate of drug-likeness (QED) is 0.517. The van der Waals surface area contributed by atoms with E-state index >= 15 is 0 Å². The average molecular weight is 358 g/mol. The zero-order valence-corrected chi connectivity index (χ0v) is 13.4. The molecule has 21 heavy (non-hydrogen) atoms. The second-order valence-electron chi connectivity index (χ2n) is 5.00. The van der Waals surface area contributed by atoms with Crippen LogP contribution in [0.5, 0.6) is 0 Å². The minimum absolute atomic E-state index is 0.228. The lowest BCUT2D eigenvalue weighted by Gasteiger charge is -2.04. The summed E-state index contributed by atoms with van der Waals surface area (Å²) in [6, 6.07) is 18.2. The number of thiophene rings is 1. The van der Waals surface area contributed by atoms with Gasteiger partial charge in [0.05, 0.1) is 6.04 Å². The summed E-state index contributed by atoms with van der Waals surface area (Å²) in [6.07, 6.45) is 0. The van der Waals surface area contributed by atoms with Crippen LogP contribution < -0.4 is 5.73 Å². The molecule has 2 N–H and O–H groups in total. The second kappa shape index (κ2) is 4.98. The van der Waals surface area contributed by atoms with Crippen molar-refractivity contribution in [2.75, 3.05) is 0 Å². The van der Waals surface area contributed by atoms with Crippen LogP contribution >= 0.6 is 27.3 Å². The second-order valence-corrected chi connectivity index (χ2v) is 7.03. The van der Waals surface area contributed by atoms with E-state index in [1.165, 1.54) is 10.1 Å². The number of furan rings is 1. The zero-order valence-electron chi connectivity index (χ0n) is 11.0. The van der Waals surface area contributed by atoms with Gasteiger partial charge in [-0.2, -0.15) is 0 Å². The molecule has 0 fully saturated rings. The van der Waals surface area contributed by atoms with E-state index in [2.05, 4.69) is 34.1 Å². The predicted octanol–water partition coefficient (Wildman–Crippen LogP) is 5.46. The van der Waals surface area contributed by atoms with Crippen LogP contribution in [-0.2, 0) is 0 Å². The zero-order chi connectivity index (χ0) is 14.4. The summed E-state index contributed by atoms with van der Waals surface area (Å²) in [4.78, 5) is 1.12. The Bertz CT molecular complexity index is 907. The van der Waals surface area contributed by atoms with Crippen molar-refractivity contribution < 1.29 is 4.42 Å². The van der Waals surface area contributed by atoms with E-state index in [9.17, 15) is 0 Å². The summed E-state index contributed by atoms with van der Waals surface area (Å²) in [6.45, 7) is 0. The molecule has 0 saturated heterocycles. The van der Waals surface area contributed by atoms with Crippen LogP contribution in [0.4, 0.5) is 0 Å². The molecule has 1 atom stereocenters. The van der Waals surface area contributed by atoms with E-state index in [-0.39, 0.29) is 6.04 Å². The molecule has 0 aliphatic heterocycles. The van der Waals surface area contributed by atoms with E-state index < -0.39 is 0 Å². The van der Waals surface area contributed by atoms with Crippen LogP contribution in [0.3, 0.4) is 0 Å². The van der Waals surface area contributed by atoms with Crippen molar-refractivity contribution >= 4 is 48.3 Å². The molecular weight excluding hydrogens is 346 g/mol. The smallest absolute Gasteiger partial charge is 0.134 e.